The van der Waals surface area contributed by atoms with Crippen molar-refractivity contribution in [3.63, 3.8) is 0 Å². The van der Waals surface area contributed by atoms with Gasteiger partial charge < -0.3 is 19.5 Å². The number of pyridine rings is 1. The van der Waals surface area contributed by atoms with Crippen molar-refractivity contribution in [1.29, 1.82) is 0 Å². The van der Waals surface area contributed by atoms with Gasteiger partial charge in [-0.1, -0.05) is 44.2 Å². The molecule has 1 saturated heterocycles. The van der Waals surface area contributed by atoms with Crippen LogP contribution in [0.1, 0.15) is 68.1 Å². The summed E-state index contributed by atoms with van der Waals surface area (Å²) in [5, 5.41) is 4.01. The minimum atomic E-state index is -0.196. The number of carbonyl (C=O) groups excluding carboxylic acids is 1. The molecule has 0 spiro atoms. The summed E-state index contributed by atoms with van der Waals surface area (Å²) in [6.07, 6.45) is 2.03. The number of nitrogens with one attached hydrogen (secondary N) is 1. The molecule has 1 aromatic heterocycles. The predicted molar refractivity (Wildman–Crippen MR) is 151 cm³/mol. The van der Waals surface area contributed by atoms with Gasteiger partial charge in [0.2, 0.25) is 0 Å². The lowest BCUT2D eigenvalue weighted by atomic mass is 10.0. The Morgan fingerprint density at radius 3 is 2.55 bits per heavy atom. The van der Waals surface area contributed by atoms with E-state index in [-0.39, 0.29) is 11.9 Å². The van der Waals surface area contributed by atoms with Crippen LogP contribution in [0.15, 0.2) is 48.5 Å². The summed E-state index contributed by atoms with van der Waals surface area (Å²) in [6, 6.07) is 16.5. The van der Waals surface area contributed by atoms with Crippen molar-refractivity contribution < 1.29 is 19.0 Å². The summed E-state index contributed by atoms with van der Waals surface area (Å²) in [6.45, 7) is 11.9. The molecule has 0 aliphatic carbocycles. The molecule has 4 rings (SSSR count). The molecule has 1 fully saturated rings. The van der Waals surface area contributed by atoms with Gasteiger partial charge in [0, 0.05) is 37.2 Å². The predicted octanol–water partition coefficient (Wildman–Crippen LogP) is 5.57. The third kappa shape index (κ3) is 7.03. The van der Waals surface area contributed by atoms with E-state index < -0.39 is 0 Å². The number of methoxy groups -OCH3 is 1. The number of benzene rings is 2. The molecule has 2 heterocycles. The number of amides is 1. The van der Waals surface area contributed by atoms with Gasteiger partial charge in [-0.2, -0.15) is 0 Å². The van der Waals surface area contributed by atoms with Crippen LogP contribution < -0.4 is 14.8 Å². The summed E-state index contributed by atoms with van der Waals surface area (Å²) >= 11 is 0. The van der Waals surface area contributed by atoms with Crippen molar-refractivity contribution in [2.24, 2.45) is 0 Å². The third-order valence-corrected chi connectivity index (χ3v) is 7.10. The standard InChI is InChI=1S/C31H41N3O4/c1-21(2)24-13-11-23(12-14-24)20-38-28-10-6-9-26-29(37-17-16-36-5)18-27(33-30(26)28)31(35)32-25-8-7-15-34(19-25)22(3)4/h6,9-14,18,21-22,25H,7-8,15-17,19-20H2,1-5H3,(H,32,35)/t25-/m1/s1. The Kier molecular flexibility index (Phi) is 9.58. The van der Waals surface area contributed by atoms with Crippen molar-refractivity contribution in [1.82, 2.24) is 15.2 Å². The molecule has 1 N–H and O–H groups in total. The highest BCUT2D eigenvalue weighted by Gasteiger charge is 2.24. The molecule has 2 aromatic carbocycles. The van der Waals surface area contributed by atoms with Crippen LogP contribution in [0.2, 0.25) is 0 Å². The first-order valence-electron chi connectivity index (χ1n) is 13.7. The number of carbonyl (C=O) groups is 1. The lowest BCUT2D eigenvalue weighted by molar-refractivity contribution is 0.0881. The van der Waals surface area contributed by atoms with Gasteiger partial charge in [0.1, 0.15) is 35.9 Å². The molecule has 3 aromatic rings. The van der Waals surface area contributed by atoms with E-state index >= 15 is 0 Å². The highest BCUT2D eigenvalue weighted by Crippen LogP contribution is 2.32. The number of hydrogen-bond acceptors (Lipinski definition) is 6. The van der Waals surface area contributed by atoms with Gasteiger partial charge in [-0.25, -0.2) is 4.98 Å². The second-order valence-electron chi connectivity index (χ2n) is 10.6. The van der Waals surface area contributed by atoms with Crippen molar-refractivity contribution >= 4 is 16.8 Å². The fraction of sp³-hybridized carbons (Fsp3) is 0.484. The minimum absolute atomic E-state index is 0.0920. The first-order valence-corrected chi connectivity index (χ1v) is 13.7. The summed E-state index contributed by atoms with van der Waals surface area (Å²) in [4.78, 5) is 20.6. The maximum absolute atomic E-state index is 13.4. The largest absolute Gasteiger partial charge is 0.490 e. The van der Waals surface area contributed by atoms with Crippen LogP contribution in [0.5, 0.6) is 11.5 Å². The molecule has 1 atom stereocenters. The molecule has 204 valence electrons. The van der Waals surface area contributed by atoms with Crippen molar-refractivity contribution in [2.75, 3.05) is 33.4 Å². The zero-order valence-electron chi connectivity index (χ0n) is 23.3. The van der Waals surface area contributed by atoms with Crippen molar-refractivity contribution in [3.8, 4) is 11.5 Å². The van der Waals surface area contributed by atoms with Crippen LogP contribution in [-0.4, -0.2) is 61.3 Å². The highest BCUT2D eigenvalue weighted by molar-refractivity contribution is 5.98. The average molecular weight is 520 g/mol. The molecule has 0 saturated carbocycles. The molecule has 7 heteroatoms. The van der Waals surface area contributed by atoms with Crippen LogP contribution in [-0.2, 0) is 11.3 Å². The van der Waals surface area contributed by atoms with E-state index in [1.807, 2.05) is 18.2 Å². The normalized spacial score (nSPS) is 16.2. The zero-order chi connectivity index (χ0) is 27.1. The lowest BCUT2D eigenvalue weighted by Crippen LogP contribution is -2.49. The van der Waals surface area contributed by atoms with E-state index in [9.17, 15) is 4.79 Å². The molecule has 1 aliphatic heterocycles. The Hall–Kier alpha value is -3.16. The summed E-state index contributed by atoms with van der Waals surface area (Å²) < 4.78 is 17.4. The van der Waals surface area contributed by atoms with Gasteiger partial charge in [0.15, 0.2) is 0 Å². The van der Waals surface area contributed by atoms with Gasteiger partial charge in [0.05, 0.1) is 6.61 Å². The summed E-state index contributed by atoms with van der Waals surface area (Å²) in [7, 11) is 1.64. The molecule has 1 aliphatic rings. The number of rotatable bonds is 11. The number of fused-ring (bicyclic) bond motifs is 1. The van der Waals surface area contributed by atoms with Gasteiger partial charge in [-0.15, -0.1) is 0 Å². The fourth-order valence-corrected chi connectivity index (χ4v) is 4.79. The highest BCUT2D eigenvalue weighted by atomic mass is 16.5. The number of para-hydroxylation sites is 1. The smallest absolute Gasteiger partial charge is 0.270 e. The molecule has 0 unspecified atom stereocenters. The van der Waals surface area contributed by atoms with Gasteiger partial charge in [0.25, 0.3) is 5.91 Å². The van der Waals surface area contributed by atoms with Gasteiger partial charge >= 0.3 is 0 Å². The maximum Gasteiger partial charge on any atom is 0.270 e. The SMILES string of the molecule is COCCOc1cc(C(=O)N[C@@H]2CCCN(C(C)C)C2)nc2c(OCc3ccc(C(C)C)cc3)cccc12. The quantitative estimate of drug-likeness (QED) is 0.334. The number of nitrogens with zero attached hydrogens (tertiary/aromatic N) is 2. The molecule has 38 heavy (non-hydrogen) atoms. The number of ether oxygens (including phenoxy) is 3. The molecule has 0 radical (unpaired) electrons. The number of aromatic nitrogens is 1. The Morgan fingerprint density at radius 1 is 1.05 bits per heavy atom. The Labute approximate surface area is 226 Å². The van der Waals surface area contributed by atoms with Crippen LogP contribution in [0.3, 0.4) is 0 Å². The molecular formula is C31H41N3O4. The topological polar surface area (TPSA) is 72.9 Å². The lowest BCUT2D eigenvalue weighted by Gasteiger charge is -2.35. The molecule has 0 bridgehead atoms. The molecular weight excluding hydrogens is 478 g/mol. The van der Waals surface area contributed by atoms with Crippen molar-refractivity contribution in [2.45, 2.75) is 65.1 Å². The second-order valence-corrected chi connectivity index (χ2v) is 10.6. The molecule has 7 nitrogen and oxygen atoms in total. The summed E-state index contributed by atoms with van der Waals surface area (Å²) in [5.41, 5.74) is 3.30. The fourth-order valence-electron chi connectivity index (χ4n) is 4.79. The second kappa shape index (κ2) is 13.1. The monoisotopic (exact) mass is 519 g/mol. The minimum Gasteiger partial charge on any atom is -0.490 e. The van der Waals surface area contributed by atoms with E-state index in [4.69, 9.17) is 19.2 Å². The van der Waals surface area contributed by atoms with Crippen LogP contribution in [0.25, 0.3) is 10.9 Å². The Morgan fingerprint density at radius 2 is 1.84 bits per heavy atom. The number of hydrogen-bond donors (Lipinski definition) is 1. The summed E-state index contributed by atoms with van der Waals surface area (Å²) in [5.74, 6) is 1.50. The number of likely N-dealkylation sites (tertiary alicyclic amines) is 1. The van der Waals surface area contributed by atoms with E-state index in [1.54, 1.807) is 13.2 Å². The van der Waals surface area contributed by atoms with E-state index in [2.05, 4.69) is 62.2 Å². The zero-order valence-corrected chi connectivity index (χ0v) is 23.3. The van der Waals surface area contributed by atoms with Gasteiger partial charge in [-0.05, 0) is 62.4 Å². The van der Waals surface area contributed by atoms with E-state index in [1.165, 1.54) is 5.56 Å². The van der Waals surface area contributed by atoms with E-state index in [0.717, 1.165) is 36.9 Å². The van der Waals surface area contributed by atoms with E-state index in [0.29, 0.717) is 54.5 Å². The first-order chi connectivity index (χ1) is 18.4. The van der Waals surface area contributed by atoms with Crippen LogP contribution in [0.4, 0.5) is 0 Å². The van der Waals surface area contributed by atoms with Gasteiger partial charge in [-0.3, -0.25) is 9.69 Å². The number of piperidine rings is 1. The van der Waals surface area contributed by atoms with Crippen LogP contribution >= 0.6 is 0 Å². The third-order valence-electron chi connectivity index (χ3n) is 7.10. The average Bonchev–Trinajstić information content (AvgIpc) is 2.92. The maximum atomic E-state index is 13.4. The van der Waals surface area contributed by atoms with Crippen molar-refractivity contribution in [3.05, 3.63) is 65.4 Å². The Balaban J connectivity index is 1.59. The Bertz CT molecular complexity index is 1210. The van der Waals surface area contributed by atoms with Crippen LogP contribution in [0, 0.1) is 0 Å². The first kappa shape index (κ1) is 27.9. The molecule has 1 amide bonds.